The van der Waals surface area contributed by atoms with E-state index in [4.69, 9.17) is 11.6 Å². The molecule has 2 amide bonds. The number of hydrogen-bond acceptors (Lipinski definition) is 2. The molecule has 33 heavy (non-hydrogen) atoms. The van der Waals surface area contributed by atoms with Crippen LogP contribution in [-0.4, -0.2) is 42.4 Å². The zero-order valence-corrected chi connectivity index (χ0v) is 20.6. The third-order valence-electron chi connectivity index (χ3n) is 8.98. The van der Waals surface area contributed by atoms with Gasteiger partial charge in [0.1, 0.15) is 12.0 Å². The average Bonchev–Trinajstić information content (AvgIpc) is 3.25. The summed E-state index contributed by atoms with van der Waals surface area (Å²) in [5.74, 6) is 0.995. The smallest absolute Gasteiger partial charge is 0.273 e. The van der Waals surface area contributed by atoms with Crippen LogP contribution in [0.3, 0.4) is 0 Å². The van der Waals surface area contributed by atoms with Crippen molar-refractivity contribution in [1.82, 2.24) is 10.2 Å². The summed E-state index contributed by atoms with van der Waals surface area (Å²) in [7, 11) is 0. The number of nitrogens with zero attached hydrogens (tertiary/aromatic N) is 1. The lowest BCUT2D eigenvalue weighted by Crippen LogP contribution is -2.82. The van der Waals surface area contributed by atoms with Gasteiger partial charge in [-0.3, -0.25) is 9.59 Å². The van der Waals surface area contributed by atoms with E-state index in [1.807, 2.05) is 6.07 Å². The van der Waals surface area contributed by atoms with Crippen LogP contribution < -0.4 is 15.6 Å². The number of H-pyrrole nitrogens is 1. The molecule has 0 radical (unpaired) electrons. The van der Waals surface area contributed by atoms with Crippen LogP contribution in [0.1, 0.15) is 88.4 Å². The van der Waals surface area contributed by atoms with Gasteiger partial charge >= 0.3 is 0 Å². The molecule has 4 N–H and O–H groups in total. The third-order valence-corrected chi connectivity index (χ3v) is 9.20. The van der Waals surface area contributed by atoms with E-state index in [0.29, 0.717) is 23.0 Å². The number of aromatic nitrogens is 1. The van der Waals surface area contributed by atoms with Crippen molar-refractivity contribution >= 4 is 23.4 Å². The summed E-state index contributed by atoms with van der Waals surface area (Å²) < 4.78 is 0. The molecule has 7 heteroatoms. The molecule has 1 aromatic heterocycles. The van der Waals surface area contributed by atoms with E-state index < -0.39 is 0 Å². The summed E-state index contributed by atoms with van der Waals surface area (Å²) in [6.45, 7) is 4.24. The summed E-state index contributed by atoms with van der Waals surface area (Å²) in [4.78, 5) is 31.8. The van der Waals surface area contributed by atoms with Gasteiger partial charge in [0.2, 0.25) is 17.5 Å². The topological polar surface area (TPSA) is 80.2 Å². The van der Waals surface area contributed by atoms with E-state index in [0.717, 1.165) is 44.6 Å². The van der Waals surface area contributed by atoms with Crippen LogP contribution in [0, 0.1) is 11.8 Å². The standard InChI is InChI=1S/C26H37ClN4O2/c1-17(32)29-21-12-13-26(19-10-11-23(27)30-24(19)21)16-28-15-20(26)25(33)31-14-6-5-9-22(31)18-7-3-2-4-8-18/h10-11,18,20-22,28H,2-9,12-16H2,1H3,(H,29,32)/p+2/t20?,21?,22?,26-/m0/s1. The minimum Gasteiger partial charge on any atom is -0.345 e. The number of carbonyl (C=O) groups is 2. The van der Waals surface area contributed by atoms with E-state index in [2.05, 4.69) is 26.6 Å². The van der Waals surface area contributed by atoms with Gasteiger partial charge in [-0.15, -0.1) is 0 Å². The van der Waals surface area contributed by atoms with Gasteiger partial charge < -0.3 is 15.5 Å². The number of hydrogen-bond donors (Lipinski definition) is 2. The average molecular weight is 475 g/mol. The maximum absolute atomic E-state index is 14.3. The van der Waals surface area contributed by atoms with Gasteiger partial charge in [0.15, 0.2) is 0 Å². The molecule has 2 aliphatic carbocycles. The Morgan fingerprint density at radius 1 is 1.12 bits per heavy atom. The number of nitrogens with one attached hydrogen (secondary N) is 2. The van der Waals surface area contributed by atoms with Crippen LogP contribution >= 0.6 is 11.6 Å². The number of fused-ring (bicyclic) bond motifs is 2. The molecule has 6 nitrogen and oxygen atoms in total. The Hall–Kier alpha value is -1.66. The Bertz CT molecular complexity index is 902. The van der Waals surface area contributed by atoms with Gasteiger partial charge in [-0.1, -0.05) is 19.3 Å². The number of nitrogens with two attached hydrogens (primary N) is 1. The van der Waals surface area contributed by atoms with Crippen LogP contribution in [-0.2, 0) is 15.0 Å². The number of carbonyl (C=O) groups excluding carboxylic acids is 2. The van der Waals surface area contributed by atoms with Crippen molar-refractivity contribution in [2.75, 3.05) is 19.6 Å². The molecular formula is C26H39ClN4O2+2. The van der Waals surface area contributed by atoms with Crippen LogP contribution in [0.5, 0.6) is 0 Å². The molecule has 3 fully saturated rings. The van der Waals surface area contributed by atoms with E-state index in [9.17, 15) is 9.59 Å². The molecule has 1 saturated carbocycles. The van der Waals surface area contributed by atoms with Crippen molar-refractivity contribution in [2.45, 2.75) is 88.6 Å². The SMILES string of the molecule is CC(=O)NC1CC[C@]2(C[NH2+]CC2C(=O)N2CCCCC2C2CCCCC2)c2ccc(Cl)[nH+]c21. The van der Waals surface area contributed by atoms with Crippen molar-refractivity contribution in [3.8, 4) is 0 Å². The first-order chi connectivity index (χ1) is 16.0. The number of likely N-dealkylation sites (tertiary alicyclic amines) is 1. The maximum atomic E-state index is 14.3. The molecule has 2 aliphatic heterocycles. The van der Waals surface area contributed by atoms with Crippen molar-refractivity contribution in [3.05, 3.63) is 28.5 Å². The third kappa shape index (κ3) is 4.29. The molecule has 2 saturated heterocycles. The van der Waals surface area contributed by atoms with Crippen molar-refractivity contribution in [2.24, 2.45) is 11.8 Å². The summed E-state index contributed by atoms with van der Waals surface area (Å²) in [5, 5.41) is 6.00. The van der Waals surface area contributed by atoms with Crippen molar-refractivity contribution < 1.29 is 19.9 Å². The van der Waals surface area contributed by atoms with Gasteiger partial charge in [-0.05, 0) is 68.5 Å². The Morgan fingerprint density at radius 2 is 1.91 bits per heavy atom. The fraction of sp³-hybridized carbons (Fsp3) is 0.731. The molecule has 1 aromatic rings. The second kappa shape index (κ2) is 9.53. The summed E-state index contributed by atoms with van der Waals surface area (Å²) >= 11 is 6.35. The molecule has 5 rings (SSSR count). The number of halogens is 1. The monoisotopic (exact) mass is 474 g/mol. The Labute approximate surface area is 202 Å². The quantitative estimate of drug-likeness (QED) is 0.660. The van der Waals surface area contributed by atoms with Gasteiger partial charge in [0.05, 0.1) is 18.5 Å². The highest BCUT2D eigenvalue weighted by atomic mass is 35.5. The Balaban J connectivity index is 1.46. The molecule has 4 atom stereocenters. The van der Waals surface area contributed by atoms with Gasteiger partial charge in [0, 0.05) is 31.1 Å². The molecule has 4 aliphatic rings. The molecule has 180 valence electrons. The number of quaternary nitrogens is 1. The largest absolute Gasteiger partial charge is 0.345 e. The summed E-state index contributed by atoms with van der Waals surface area (Å²) in [5.41, 5.74) is 1.96. The fourth-order valence-corrected chi connectivity index (χ4v) is 7.66. The second-order valence-corrected chi connectivity index (χ2v) is 11.3. The number of amides is 2. The molecule has 3 unspecified atom stereocenters. The predicted octanol–water partition coefficient (Wildman–Crippen LogP) is 2.52. The van der Waals surface area contributed by atoms with E-state index >= 15 is 0 Å². The van der Waals surface area contributed by atoms with Crippen LogP contribution in [0.2, 0.25) is 5.15 Å². The first-order valence-electron chi connectivity index (χ1n) is 13.1. The van der Waals surface area contributed by atoms with Crippen LogP contribution in [0.25, 0.3) is 0 Å². The lowest BCUT2D eigenvalue weighted by atomic mass is 9.64. The summed E-state index contributed by atoms with van der Waals surface area (Å²) in [6, 6.07) is 4.36. The lowest BCUT2D eigenvalue weighted by Gasteiger charge is -2.45. The van der Waals surface area contributed by atoms with Crippen molar-refractivity contribution in [1.29, 1.82) is 0 Å². The minimum atomic E-state index is -0.197. The number of piperidine rings is 1. The number of pyridine rings is 1. The molecule has 0 bridgehead atoms. The first kappa shape index (κ1) is 23.1. The number of rotatable bonds is 3. The molecule has 1 spiro atoms. The maximum Gasteiger partial charge on any atom is 0.273 e. The molecule has 0 aromatic carbocycles. The zero-order valence-electron chi connectivity index (χ0n) is 19.9. The first-order valence-corrected chi connectivity index (χ1v) is 13.5. The highest BCUT2D eigenvalue weighted by Crippen LogP contribution is 2.47. The summed E-state index contributed by atoms with van der Waals surface area (Å²) in [6.07, 6.45) is 11.8. The predicted molar refractivity (Wildman–Crippen MR) is 127 cm³/mol. The van der Waals surface area contributed by atoms with Crippen LogP contribution in [0.4, 0.5) is 0 Å². The van der Waals surface area contributed by atoms with E-state index in [1.165, 1.54) is 50.5 Å². The molecule has 3 heterocycles. The fourth-order valence-electron chi connectivity index (χ4n) is 7.49. The Morgan fingerprint density at radius 3 is 2.70 bits per heavy atom. The van der Waals surface area contributed by atoms with E-state index in [-0.39, 0.29) is 23.3 Å². The minimum absolute atomic E-state index is 0.0201. The second-order valence-electron chi connectivity index (χ2n) is 10.9. The van der Waals surface area contributed by atoms with Crippen LogP contribution in [0.15, 0.2) is 12.1 Å². The zero-order chi connectivity index (χ0) is 23.0. The Kier molecular flexibility index (Phi) is 6.67. The lowest BCUT2D eigenvalue weighted by molar-refractivity contribution is -0.640. The normalized spacial score (nSPS) is 32.5. The van der Waals surface area contributed by atoms with Gasteiger partial charge in [0.25, 0.3) is 5.15 Å². The highest BCUT2D eigenvalue weighted by Gasteiger charge is 2.57. The highest BCUT2D eigenvalue weighted by molar-refractivity contribution is 6.28. The molecular weight excluding hydrogens is 436 g/mol. The van der Waals surface area contributed by atoms with Gasteiger partial charge in [-0.25, -0.2) is 0 Å². The van der Waals surface area contributed by atoms with E-state index in [1.54, 1.807) is 6.92 Å². The number of aromatic amines is 1. The van der Waals surface area contributed by atoms with Gasteiger partial charge in [-0.2, -0.15) is 4.98 Å². The van der Waals surface area contributed by atoms with Crippen molar-refractivity contribution in [3.63, 3.8) is 0 Å².